The lowest BCUT2D eigenvalue weighted by Gasteiger charge is -2.33. The second-order valence-corrected chi connectivity index (χ2v) is 9.05. The fourth-order valence-corrected chi connectivity index (χ4v) is 3.33. The molecule has 0 fully saturated rings. The van der Waals surface area contributed by atoms with Gasteiger partial charge in [0.05, 0.1) is 0 Å². The molecular weight excluding hydrogens is 487 g/mol. The van der Waals surface area contributed by atoms with Crippen LogP contribution in [0.2, 0.25) is 0 Å². The van der Waals surface area contributed by atoms with Gasteiger partial charge in [-0.3, -0.25) is 9.69 Å². The Bertz CT molecular complexity index is 1360. The number of amides is 2. The summed E-state index contributed by atoms with van der Waals surface area (Å²) in [6, 6.07) is 14.5. The van der Waals surface area contributed by atoms with Crippen LogP contribution >= 0.6 is 0 Å². The number of aromatic nitrogens is 1. The zero-order valence-corrected chi connectivity index (χ0v) is 20.3. The Balaban J connectivity index is 1.89. The fourth-order valence-electron chi connectivity index (χ4n) is 3.33. The summed E-state index contributed by atoms with van der Waals surface area (Å²) in [4.78, 5) is 28.9. The first kappa shape index (κ1) is 27.1. The molecule has 3 rings (SSSR count). The summed E-state index contributed by atoms with van der Waals surface area (Å²) >= 11 is 0. The number of hydrogen-bond acceptors (Lipinski definition) is 4. The van der Waals surface area contributed by atoms with E-state index in [-0.39, 0.29) is 23.4 Å². The number of hydrogen-bond donors (Lipinski definition) is 2. The lowest BCUT2D eigenvalue weighted by molar-refractivity contribution is -0.141. The number of nitrogens with zero attached hydrogens (tertiary/aromatic N) is 2. The minimum Gasteiger partial charge on any atom is -0.465 e. The maximum Gasteiger partial charge on any atom is 0.433 e. The van der Waals surface area contributed by atoms with Crippen molar-refractivity contribution in [2.75, 3.05) is 5.32 Å². The van der Waals surface area contributed by atoms with Gasteiger partial charge in [-0.1, -0.05) is 18.1 Å². The summed E-state index contributed by atoms with van der Waals surface area (Å²) in [6.07, 6.45) is -0.701. The number of carboxylic acid groups (broad SMARTS) is 1. The summed E-state index contributed by atoms with van der Waals surface area (Å²) in [6.45, 7) is 4.57. The molecule has 0 atom stereocenters. The van der Waals surface area contributed by atoms with E-state index in [1.807, 2.05) is 0 Å². The monoisotopic (exact) mass is 511 g/mol. The van der Waals surface area contributed by atoms with Gasteiger partial charge in [-0.05, 0) is 68.8 Å². The number of ether oxygens (including phenoxy) is 1. The van der Waals surface area contributed by atoms with Crippen molar-refractivity contribution in [3.63, 3.8) is 0 Å². The van der Waals surface area contributed by atoms with E-state index in [4.69, 9.17) is 11.2 Å². The van der Waals surface area contributed by atoms with Crippen LogP contribution in [0.4, 0.5) is 23.7 Å². The quantitative estimate of drug-likeness (QED) is 0.374. The number of terminal acetylenes is 1. The minimum absolute atomic E-state index is 0.0388. The predicted molar refractivity (Wildman–Crippen MR) is 131 cm³/mol. The molecule has 2 aromatic carbocycles. The van der Waals surface area contributed by atoms with Crippen LogP contribution < -0.4 is 10.1 Å². The molecule has 7 nitrogen and oxygen atoms in total. The van der Waals surface area contributed by atoms with E-state index in [9.17, 15) is 27.9 Å². The molecule has 0 spiro atoms. The minimum atomic E-state index is -4.79. The third-order valence-corrected chi connectivity index (χ3v) is 5.14. The first-order valence-corrected chi connectivity index (χ1v) is 11.0. The van der Waals surface area contributed by atoms with Gasteiger partial charge in [0, 0.05) is 35.0 Å². The highest BCUT2D eigenvalue weighted by Gasteiger charge is 2.34. The molecule has 0 bridgehead atoms. The number of rotatable bonds is 6. The molecule has 0 aliphatic heterocycles. The third-order valence-electron chi connectivity index (χ3n) is 5.14. The van der Waals surface area contributed by atoms with E-state index in [0.29, 0.717) is 11.3 Å². The van der Waals surface area contributed by atoms with Crippen LogP contribution in [0, 0.1) is 12.3 Å². The number of benzene rings is 2. The third kappa shape index (κ3) is 7.24. The van der Waals surface area contributed by atoms with Gasteiger partial charge < -0.3 is 15.2 Å². The second-order valence-electron chi connectivity index (χ2n) is 9.05. The second kappa shape index (κ2) is 10.6. The van der Waals surface area contributed by atoms with Gasteiger partial charge in [-0.2, -0.15) is 13.2 Å². The summed E-state index contributed by atoms with van der Waals surface area (Å²) < 4.78 is 46.2. The molecule has 1 heterocycles. The van der Waals surface area contributed by atoms with Gasteiger partial charge >= 0.3 is 12.3 Å². The van der Waals surface area contributed by atoms with Gasteiger partial charge in [0.15, 0.2) is 0 Å². The molecule has 0 aliphatic rings. The van der Waals surface area contributed by atoms with Crippen LogP contribution in [-0.4, -0.2) is 32.5 Å². The molecule has 0 aliphatic carbocycles. The van der Waals surface area contributed by atoms with E-state index in [0.717, 1.165) is 11.0 Å². The van der Waals surface area contributed by atoms with Crippen molar-refractivity contribution in [2.45, 2.75) is 39.0 Å². The van der Waals surface area contributed by atoms with Gasteiger partial charge in [0.2, 0.25) is 5.88 Å². The Hall–Kier alpha value is -4.52. The Morgan fingerprint density at radius 1 is 1.08 bits per heavy atom. The molecule has 2 amide bonds. The molecule has 3 aromatic rings. The van der Waals surface area contributed by atoms with Crippen molar-refractivity contribution in [1.82, 2.24) is 9.88 Å². The van der Waals surface area contributed by atoms with Crippen LogP contribution in [0.1, 0.15) is 48.0 Å². The number of pyridine rings is 1. The maximum absolute atomic E-state index is 13.5. The van der Waals surface area contributed by atoms with E-state index in [1.165, 1.54) is 30.3 Å². The number of halogens is 3. The number of nitrogens with one attached hydrogen (secondary N) is 1. The highest BCUT2D eigenvalue weighted by molar-refractivity contribution is 6.04. The molecule has 0 saturated heterocycles. The van der Waals surface area contributed by atoms with Gasteiger partial charge in [0.25, 0.3) is 5.91 Å². The highest BCUT2D eigenvalue weighted by Crippen LogP contribution is 2.32. The molecule has 2 N–H and O–H groups in total. The molecule has 192 valence electrons. The number of carbonyl (C=O) groups excluding carboxylic acids is 1. The Kier molecular flexibility index (Phi) is 7.77. The summed E-state index contributed by atoms with van der Waals surface area (Å²) in [7, 11) is 0. The SMILES string of the molecule is C#Cc1cccc(NC(=O)c2cccc(Oc3cc(CN(C(=O)O)C(C)(C)C)cc(C(F)(F)F)n3)c2)c1. The molecular formula is C27H24F3N3O4. The fraction of sp³-hybridized carbons (Fsp3) is 0.222. The van der Waals surface area contributed by atoms with Crippen LogP contribution in [0.25, 0.3) is 0 Å². The number of alkyl halides is 3. The molecule has 0 unspecified atom stereocenters. The average molecular weight is 512 g/mol. The average Bonchev–Trinajstić information content (AvgIpc) is 2.81. The Morgan fingerprint density at radius 2 is 1.78 bits per heavy atom. The van der Waals surface area contributed by atoms with E-state index >= 15 is 0 Å². The van der Waals surface area contributed by atoms with Gasteiger partial charge in [0.1, 0.15) is 11.4 Å². The van der Waals surface area contributed by atoms with Crippen molar-refractivity contribution in [1.29, 1.82) is 0 Å². The van der Waals surface area contributed by atoms with Crippen LogP contribution in [0.3, 0.4) is 0 Å². The van der Waals surface area contributed by atoms with Crippen molar-refractivity contribution in [3.05, 3.63) is 83.0 Å². The van der Waals surface area contributed by atoms with E-state index in [2.05, 4.69) is 16.2 Å². The lowest BCUT2D eigenvalue weighted by Crippen LogP contribution is -2.44. The van der Waals surface area contributed by atoms with Crippen molar-refractivity contribution in [2.24, 2.45) is 0 Å². The van der Waals surface area contributed by atoms with Gasteiger partial charge in [-0.25, -0.2) is 9.78 Å². The van der Waals surface area contributed by atoms with Crippen LogP contribution in [0.15, 0.2) is 60.7 Å². The maximum atomic E-state index is 13.5. The number of anilines is 1. The molecule has 37 heavy (non-hydrogen) atoms. The van der Waals surface area contributed by atoms with Crippen LogP contribution in [-0.2, 0) is 12.7 Å². The molecule has 0 saturated carbocycles. The summed E-state index contributed by atoms with van der Waals surface area (Å²) in [5.41, 5.74) is -0.832. The van der Waals surface area contributed by atoms with Crippen molar-refractivity contribution >= 4 is 17.7 Å². The van der Waals surface area contributed by atoms with Crippen molar-refractivity contribution < 1.29 is 32.6 Å². The largest absolute Gasteiger partial charge is 0.465 e. The molecule has 1 aromatic heterocycles. The smallest absolute Gasteiger partial charge is 0.433 e. The molecule has 10 heteroatoms. The van der Waals surface area contributed by atoms with E-state index in [1.54, 1.807) is 45.0 Å². The topological polar surface area (TPSA) is 91.8 Å². The first-order valence-electron chi connectivity index (χ1n) is 11.0. The Labute approximate surface area is 211 Å². The standard InChI is InChI=1S/C27H24F3N3O4/c1-5-17-8-6-10-20(12-17)31-24(34)19-9-7-11-21(15-19)37-23-14-18(13-22(32-23)27(28,29)30)16-33(25(35)36)26(2,3)4/h1,6-15H,16H2,2-4H3,(H,31,34)(H,35,36). The summed E-state index contributed by atoms with van der Waals surface area (Å²) in [5, 5.41) is 12.2. The van der Waals surface area contributed by atoms with Crippen molar-refractivity contribution in [3.8, 4) is 24.0 Å². The summed E-state index contributed by atoms with van der Waals surface area (Å²) in [5.74, 6) is 1.65. The van der Waals surface area contributed by atoms with E-state index < -0.39 is 35.3 Å². The highest BCUT2D eigenvalue weighted by atomic mass is 19.4. The number of carbonyl (C=O) groups is 2. The van der Waals surface area contributed by atoms with Crippen LogP contribution in [0.5, 0.6) is 11.6 Å². The zero-order chi connectivity index (χ0) is 27.4. The van der Waals surface area contributed by atoms with Gasteiger partial charge in [-0.15, -0.1) is 6.42 Å². The zero-order valence-electron chi connectivity index (χ0n) is 20.3. The predicted octanol–water partition coefficient (Wildman–Crippen LogP) is 6.40. The Morgan fingerprint density at radius 3 is 2.41 bits per heavy atom. The molecule has 0 radical (unpaired) electrons. The first-order chi connectivity index (χ1) is 17.3. The normalized spacial score (nSPS) is 11.4. The lowest BCUT2D eigenvalue weighted by atomic mass is 10.1.